The van der Waals surface area contributed by atoms with E-state index in [4.69, 9.17) is 14.4 Å². The summed E-state index contributed by atoms with van der Waals surface area (Å²) in [4.78, 5) is 12.2. The van der Waals surface area contributed by atoms with E-state index in [1.54, 1.807) is 18.2 Å². The van der Waals surface area contributed by atoms with Crippen molar-refractivity contribution in [3.8, 4) is 28.9 Å². The standard InChI is InChI=1S/C20H10F3NO3/c21-12-6-11(10-24)7-13(8-12)27-17-4-3-14(16-2-1-5-26-16)18-15(17)9-20(22,23)19(18)25/h1-8H,9H2. The molecule has 1 aromatic heterocycles. The van der Waals surface area contributed by atoms with Crippen molar-refractivity contribution in [1.82, 2.24) is 0 Å². The highest BCUT2D eigenvalue weighted by Crippen LogP contribution is 2.45. The molecule has 0 saturated carbocycles. The average Bonchev–Trinajstić information content (AvgIpc) is 3.23. The van der Waals surface area contributed by atoms with Gasteiger partial charge >= 0.3 is 5.92 Å². The van der Waals surface area contributed by atoms with Gasteiger partial charge in [-0.25, -0.2) is 4.39 Å². The number of nitriles is 1. The van der Waals surface area contributed by atoms with E-state index >= 15 is 0 Å². The van der Waals surface area contributed by atoms with Gasteiger partial charge in [0, 0.05) is 29.2 Å². The molecular weight excluding hydrogens is 359 g/mol. The number of Topliss-reactive ketones (excluding diaryl/α,β-unsaturated/α-hetero) is 1. The van der Waals surface area contributed by atoms with E-state index in [-0.39, 0.29) is 39.5 Å². The third kappa shape index (κ3) is 2.85. The van der Waals surface area contributed by atoms with Crippen LogP contribution in [0.25, 0.3) is 11.3 Å². The van der Waals surface area contributed by atoms with E-state index < -0.39 is 23.9 Å². The number of rotatable bonds is 3. The largest absolute Gasteiger partial charge is 0.464 e. The van der Waals surface area contributed by atoms with Crippen LogP contribution in [0.4, 0.5) is 13.2 Å². The van der Waals surface area contributed by atoms with Crippen molar-refractivity contribution in [3.63, 3.8) is 0 Å². The molecule has 0 unspecified atom stereocenters. The van der Waals surface area contributed by atoms with Gasteiger partial charge in [0.2, 0.25) is 5.78 Å². The van der Waals surface area contributed by atoms with Crippen molar-refractivity contribution in [1.29, 1.82) is 5.26 Å². The van der Waals surface area contributed by atoms with Gasteiger partial charge in [-0.1, -0.05) is 0 Å². The van der Waals surface area contributed by atoms with E-state index in [0.717, 1.165) is 12.1 Å². The second kappa shape index (κ2) is 6.02. The molecule has 1 aliphatic carbocycles. The van der Waals surface area contributed by atoms with Gasteiger partial charge in [-0.2, -0.15) is 14.0 Å². The van der Waals surface area contributed by atoms with Gasteiger partial charge in [0.25, 0.3) is 0 Å². The van der Waals surface area contributed by atoms with Crippen LogP contribution in [0.2, 0.25) is 0 Å². The Morgan fingerprint density at radius 3 is 2.70 bits per heavy atom. The number of carbonyl (C=O) groups excluding carboxylic acids is 1. The molecule has 2 aromatic carbocycles. The summed E-state index contributed by atoms with van der Waals surface area (Å²) in [7, 11) is 0. The Morgan fingerprint density at radius 1 is 1.19 bits per heavy atom. The Kier molecular flexibility index (Phi) is 3.77. The topological polar surface area (TPSA) is 63.2 Å². The molecule has 4 rings (SSSR count). The van der Waals surface area contributed by atoms with Crippen molar-refractivity contribution >= 4 is 5.78 Å². The lowest BCUT2D eigenvalue weighted by Gasteiger charge is -2.12. The van der Waals surface area contributed by atoms with Crippen LogP contribution in [0, 0.1) is 17.1 Å². The lowest BCUT2D eigenvalue weighted by Crippen LogP contribution is -2.23. The number of hydrogen-bond acceptors (Lipinski definition) is 4. The van der Waals surface area contributed by atoms with Crippen LogP contribution >= 0.6 is 0 Å². The first-order chi connectivity index (χ1) is 12.9. The van der Waals surface area contributed by atoms with Crippen molar-refractivity contribution in [2.75, 3.05) is 0 Å². The third-order valence-corrected chi connectivity index (χ3v) is 4.24. The molecule has 7 heteroatoms. The fourth-order valence-corrected chi connectivity index (χ4v) is 3.09. The smallest absolute Gasteiger partial charge is 0.313 e. The highest BCUT2D eigenvalue weighted by Gasteiger charge is 2.49. The highest BCUT2D eigenvalue weighted by atomic mass is 19.3. The lowest BCUT2D eigenvalue weighted by molar-refractivity contribution is 0.0167. The van der Waals surface area contributed by atoms with Crippen LogP contribution in [-0.4, -0.2) is 11.7 Å². The van der Waals surface area contributed by atoms with Crippen molar-refractivity contribution in [3.05, 3.63) is 71.2 Å². The van der Waals surface area contributed by atoms with Crippen LogP contribution in [0.1, 0.15) is 21.5 Å². The second-order valence-electron chi connectivity index (χ2n) is 6.04. The maximum Gasteiger partial charge on any atom is 0.313 e. The molecule has 0 saturated heterocycles. The maximum atomic E-state index is 14.1. The zero-order valence-corrected chi connectivity index (χ0v) is 13.6. The summed E-state index contributed by atoms with van der Waals surface area (Å²) in [5, 5.41) is 8.93. The Balaban J connectivity index is 1.84. The molecule has 0 spiro atoms. The van der Waals surface area contributed by atoms with Gasteiger partial charge in [-0.3, -0.25) is 4.79 Å². The van der Waals surface area contributed by atoms with Gasteiger partial charge in [-0.15, -0.1) is 0 Å². The van der Waals surface area contributed by atoms with Gasteiger partial charge in [0.1, 0.15) is 23.1 Å². The van der Waals surface area contributed by atoms with E-state index in [0.29, 0.717) is 0 Å². The normalized spacial score (nSPS) is 14.7. The average molecular weight is 369 g/mol. The van der Waals surface area contributed by atoms with Crippen LogP contribution in [0.15, 0.2) is 53.1 Å². The predicted octanol–water partition coefficient (Wildman–Crippen LogP) is 5.12. The zero-order chi connectivity index (χ0) is 19.2. The summed E-state index contributed by atoms with van der Waals surface area (Å²) < 4.78 is 52.6. The monoisotopic (exact) mass is 369 g/mol. The Morgan fingerprint density at radius 2 is 2.00 bits per heavy atom. The molecule has 3 aromatic rings. The first kappa shape index (κ1) is 16.9. The van der Waals surface area contributed by atoms with Crippen molar-refractivity contribution in [2.45, 2.75) is 12.3 Å². The molecule has 4 nitrogen and oxygen atoms in total. The summed E-state index contributed by atoms with van der Waals surface area (Å²) in [6.07, 6.45) is 0.547. The van der Waals surface area contributed by atoms with Gasteiger partial charge < -0.3 is 9.15 Å². The number of halogens is 3. The van der Waals surface area contributed by atoms with Gasteiger partial charge in [0.05, 0.1) is 17.9 Å². The number of furan rings is 1. The summed E-state index contributed by atoms with van der Waals surface area (Å²) in [6, 6.07) is 11.1. The van der Waals surface area contributed by atoms with Gasteiger partial charge in [0.15, 0.2) is 0 Å². The summed E-state index contributed by atoms with van der Waals surface area (Å²) in [5.41, 5.74) is 0.0998. The van der Waals surface area contributed by atoms with Gasteiger partial charge in [-0.05, 0) is 36.4 Å². The summed E-state index contributed by atoms with van der Waals surface area (Å²) >= 11 is 0. The molecule has 0 amide bonds. The van der Waals surface area contributed by atoms with Crippen LogP contribution < -0.4 is 4.74 Å². The minimum atomic E-state index is -3.57. The molecule has 0 atom stereocenters. The number of carbonyl (C=O) groups is 1. The Hall–Kier alpha value is -3.53. The highest BCUT2D eigenvalue weighted by molar-refractivity contribution is 6.11. The second-order valence-corrected chi connectivity index (χ2v) is 6.04. The number of benzene rings is 2. The molecule has 0 radical (unpaired) electrons. The quantitative estimate of drug-likeness (QED) is 0.643. The number of fused-ring (bicyclic) bond motifs is 1. The first-order valence-electron chi connectivity index (χ1n) is 7.90. The molecular formula is C20H10F3NO3. The van der Waals surface area contributed by atoms with E-state index in [1.807, 2.05) is 0 Å². The minimum Gasteiger partial charge on any atom is -0.464 e. The molecule has 0 bridgehead atoms. The SMILES string of the molecule is N#Cc1cc(F)cc(Oc2ccc(-c3ccco3)c3c2CC(F)(F)C3=O)c1. The number of hydrogen-bond donors (Lipinski definition) is 0. The molecule has 0 N–H and O–H groups in total. The number of alkyl halides is 2. The molecule has 0 fully saturated rings. The van der Waals surface area contributed by atoms with Crippen LogP contribution in [0.3, 0.4) is 0 Å². The van der Waals surface area contributed by atoms with E-state index in [9.17, 15) is 18.0 Å². The first-order valence-corrected chi connectivity index (χ1v) is 7.90. The van der Waals surface area contributed by atoms with Crippen molar-refractivity contribution in [2.24, 2.45) is 0 Å². The third-order valence-electron chi connectivity index (χ3n) is 4.24. The summed E-state index contributed by atoms with van der Waals surface area (Å²) in [6.45, 7) is 0. The number of ether oxygens (including phenoxy) is 1. The fourth-order valence-electron chi connectivity index (χ4n) is 3.09. The molecule has 134 valence electrons. The fraction of sp³-hybridized carbons (Fsp3) is 0.100. The van der Waals surface area contributed by atoms with Crippen molar-refractivity contribution < 1.29 is 27.1 Å². The zero-order valence-electron chi connectivity index (χ0n) is 13.6. The molecule has 1 aliphatic rings. The van der Waals surface area contributed by atoms with Crippen LogP contribution in [-0.2, 0) is 6.42 Å². The van der Waals surface area contributed by atoms with E-state index in [2.05, 4.69) is 0 Å². The number of nitrogens with zero attached hydrogens (tertiary/aromatic N) is 1. The summed E-state index contributed by atoms with van der Waals surface area (Å²) in [5.74, 6) is -5.33. The maximum absolute atomic E-state index is 14.1. The van der Waals surface area contributed by atoms with E-state index in [1.165, 1.54) is 24.5 Å². The minimum absolute atomic E-state index is 0.000297. The molecule has 1 heterocycles. The Labute approximate surface area is 151 Å². The number of ketones is 1. The van der Waals surface area contributed by atoms with Crippen LogP contribution in [0.5, 0.6) is 11.5 Å². The molecule has 27 heavy (non-hydrogen) atoms. The Bertz CT molecular complexity index is 1100. The predicted molar refractivity (Wildman–Crippen MR) is 88.3 cm³/mol. The lowest BCUT2D eigenvalue weighted by atomic mass is 10.00. The molecule has 0 aliphatic heterocycles.